The number of benzene rings is 3. The fraction of sp³-hybridized carbons (Fsp3) is 0.0323. The Morgan fingerprint density at radius 2 is 1.30 bits per heavy atom. The lowest BCUT2D eigenvalue weighted by atomic mass is 10.0. The molecular formula is C31H22N4O2. The lowest BCUT2D eigenvalue weighted by Gasteiger charge is -2.08. The van der Waals surface area contributed by atoms with Crippen molar-refractivity contribution in [3.05, 3.63) is 137 Å². The molecule has 0 saturated carbocycles. The Bertz CT molecular complexity index is 1770. The summed E-state index contributed by atoms with van der Waals surface area (Å²) < 4.78 is 3.03. The number of hydrogen-bond donors (Lipinski definition) is 0. The van der Waals surface area contributed by atoms with E-state index in [9.17, 15) is 9.59 Å². The Balaban J connectivity index is 1.35. The highest BCUT2D eigenvalue weighted by molar-refractivity contribution is 5.96. The molecule has 0 N–H and O–H groups in total. The van der Waals surface area contributed by atoms with E-state index in [4.69, 9.17) is 5.10 Å². The molecule has 0 aliphatic heterocycles. The molecular weight excluding hydrogens is 460 g/mol. The Hall–Kier alpha value is -5.10. The van der Waals surface area contributed by atoms with Crippen LogP contribution in [0.2, 0.25) is 0 Å². The first-order valence-corrected chi connectivity index (χ1v) is 12.0. The summed E-state index contributed by atoms with van der Waals surface area (Å²) in [5, 5.41) is 9.39. The maximum absolute atomic E-state index is 13.1. The first-order chi connectivity index (χ1) is 18.2. The molecule has 0 unspecified atom stereocenters. The second-order valence-electron chi connectivity index (χ2n) is 8.70. The third kappa shape index (κ3) is 4.36. The molecule has 0 fully saturated rings. The molecule has 3 aromatic carbocycles. The van der Waals surface area contributed by atoms with E-state index in [1.807, 2.05) is 97.2 Å². The number of hydrogen-bond acceptors (Lipinski definition) is 4. The van der Waals surface area contributed by atoms with Crippen molar-refractivity contribution in [1.29, 1.82) is 0 Å². The minimum Gasteiger partial charge on any atom is -0.292 e. The van der Waals surface area contributed by atoms with Gasteiger partial charge < -0.3 is 0 Å². The molecule has 6 aromatic rings. The molecule has 0 radical (unpaired) electrons. The molecule has 0 spiro atoms. The normalized spacial score (nSPS) is 11.0. The molecule has 6 heteroatoms. The lowest BCUT2D eigenvalue weighted by Crippen LogP contribution is -2.26. The first kappa shape index (κ1) is 22.4. The van der Waals surface area contributed by atoms with Gasteiger partial charge in [-0.2, -0.15) is 10.2 Å². The van der Waals surface area contributed by atoms with Crippen LogP contribution in [0.25, 0.3) is 39.2 Å². The van der Waals surface area contributed by atoms with E-state index in [0.29, 0.717) is 11.3 Å². The number of carbonyl (C=O) groups is 1. The van der Waals surface area contributed by atoms with Gasteiger partial charge in [0, 0.05) is 23.4 Å². The zero-order valence-electron chi connectivity index (χ0n) is 19.9. The topological polar surface area (TPSA) is 69.3 Å². The molecule has 0 saturated heterocycles. The monoisotopic (exact) mass is 482 g/mol. The number of pyridine rings is 1. The molecule has 3 aromatic heterocycles. The number of carbonyl (C=O) groups excluding carboxylic acids is 1. The standard InChI is InChI=1S/C31H22N4O2/c36-28(24-16-14-23(15-17-24)22-9-3-1-4-10-22)21-35-29(37)19-18-26(32-35)30-27-13-7-8-20-34(27)33-31(30)25-11-5-2-6-12-25/h1-20H,21H2. The summed E-state index contributed by atoms with van der Waals surface area (Å²) in [7, 11) is 0. The smallest absolute Gasteiger partial charge is 0.267 e. The van der Waals surface area contributed by atoms with Gasteiger partial charge in [0.2, 0.25) is 0 Å². The van der Waals surface area contributed by atoms with Gasteiger partial charge in [0.15, 0.2) is 5.78 Å². The van der Waals surface area contributed by atoms with Crippen molar-refractivity contribution in [2.45, 2.75) is 6.54 Å². The second-order valence-corrected chi connectivity index (χ2v) is 8.70. The average molecular weight is 483 g/mol. The Morgan fingerprint density at radius 3 is 2.03 bits per heavy atom. The number of rotatable bonds is 6. The number of ketones is 1. The van der Waals surface area contributed by atoms with Crippen molar-refractivity contribution in [3.63, 3.8) is 0 Å². The van der Waals surface area contributed by atoms with E-state index in [0.717, 1.165) is 33.5 Å². The van der Waals surface area contributed by atoms with Crippen LogP contribution in [0.3, 0.4) is 0 Å². The van der Waals surface area contributed by atoms with Gasteiger partial charge in [-0.25, -0.2) is 9.20 Å². The molecule has 6 nitrogen and oxygen atoms in total. The third-order valence-corrected chi connectivity index (χ3v) is 6.32. The molecule has 0 aliphatic carbocycles. The van der Waals surface area contributed by atoms with Gasteiger partial charge in [0.1, 0.15) is 12.2 Å². The van der Waals surface area contributed by atoms with E-state index in [2.05, 4.69) is 5.10 Å². The van der Waals surface area contributed by atoms with Gasteiger partial charge in [-0.05, 0) is 29.3 Å². The van der Waals surface area contributed by atoms with Gasteiger partial charge in [-0.15, -0.1) is 0 Å². The predicted molar refractivity (Wildman–Crippen MR) is 144 cm³/mol. The van der Waals surface area contributed by atoms with Crippen molar-refractivity contribution in [1.82, 2.24) is 19.4 Å². The summed E-state index contributed by atoms with van der Waals surface area (Å²) in [6.45, 7) is -0.156. The molecule has 0 atom stereocenters. The summed E-state index contributed by atoms with van der Waals surface area (Å²) in [5.41, 5.74) is 6.23. The average Bonchev–Trinajstić information content (AvgIpc) is 3.35. The highest BCUT2D eigenvalue weighted by Crippen LogP contribution is 2.33. The Morgan fingerprint density at radius 1 is 0.649 bits per heavy atom. The summed E-state index contributed by atoms with van der Waals surface area (Å²) in [6, 6.07) is 36.2. The van der Waals surface area contributed by atoms with Crippen LogP contribution in [0.15, 0.2) is 126 Å². The lowest BCUT2D eigenvalue weighted by molar-refractivity contribution is 0.0966. The Labute approximate surface area is 213 Å². The first-order valence-electron chi connectivity index (χ1n) is 12.0. The molecule has 0 amide bonds. The third-order valence-electron chi connectivity index (χ3n) is 6.32. The van der Waals surface area contributed by atoms with Crippen molar-refractivity contribution in [2.75, 3.05) is 0 Å². The van der Waals surface area contributed by atoms with Crippen molar-refractivity contribution >= 4 is 11.3 Å². The van der Waals surface area contributed by atoms with Gasteiger partial charge in [0.25, 0.3) is 5.56 Å². The maximum atomic E-state index is 13.1. The van der Waals surface area contributed by atoms with Crippen LogP contribution in [0.5, 0.6) is 0 Å². The number of aromatic nitrogens is 4. The van der Waals surface area contributed by atoms with Crippen molar-refractivity contribution in [3.8, 4) is 33.6 Å². The zero-order valence-corrected chi connectivity index (χ0v) is 19.9. The number of Topliss-reactive ketones (excluding diaryl/α,β-unsaturated/α-hetero) is 1. The SMILES string of the molecule is O=C(Cn1nc(-c2c(-c3ccccc3)nn3ccccc23)ccc1=O)c1ccc(-c2ccccc2)cc1. The van der Waals surface area contributed by atoms with Crippen LogP contribution in [0.4, 0.5) is 0 Å². The van der Waals surface area contributed by atoms with Gasteiger partial charge in [-0.1, -0.05) is 91.0 Å². The van der Waals surface area contributed by atoms with Gasteiger partial charge in [0.05, 0.1) is 16.8 Å². The fourth-order valence-electron chi connectivity index (χ4n) is 4.45. The maximum Gasteiger partial charge on any atom is 0.267 e. The van der Waals surface area contributed by atoms with Crippen LogP contribution in [0, 0.1) is 0 Å². The molecule has 6 rings (SSSR count). The summed E-state index contributed by atoms with van der Waals surface area (Å²) >= 11 is 0. The van der Waals surface area contributed by atoms with Gasteiger partial charge in [-0.3, -0.25) is 9.59 Å². The highest BCUT2D eigenvalue weighted by atomic mass is 16.1. The fourth-order valence-corrected chi connectivity index (χ4v) is 4.45. The molecule has 37 heavy (non-hydrogen) atoms. The summed E-state index contributed by atoms with van der Waals surface area (Å²) in [5.74, 6) is -0.186. The van der Waals surface area contributed by atoms with Gasteiger partial charge >= 0.3 is 0 Å². The van der Waals surface area contributed by atoms with E-state index >= 15 is 0 Å². The molecule has 3 heterocycles. The predicted octanol–water partition coefficient (Wildman–Crippen LogP) is 5.77. The van der Waals surface area contributed by atoms with E-state index in [1.54, 1.807) is 22.7 Å². The summed E-state index contributed by atoms with van der Waals surface area (Å²) in [6.07, 6.45) is 1.88. The minimum atomic E-state index is -0.337. The van der Waals surface area contributed by atoms with Crippen LogP contribution in [0.1, 0.15) is 10.4 Å². The number of nitrogens with zero attached hydrogens (tertiary/aromatic N) is 4. The van der Waals surface area contributed by atoms with E-state index < -0.39 is 0 Å². The second kappa shape index (κ2) is 9.51. The number of fused-ring (bicyclic) bond motifs is 1. The van der Waals surface area contributed by atoms with E-state index in [1.165, 1.54) is 10.7 Å². The molecule has 178 valence electrons. The van der Waals surface area contributed by atoms with Crippen LogP contribution in [-0.2, 0) is 6.54 Å². The largest absolute Gasteiger partial charge is 0.292 e. The van der Waals surface area contributed by atoms with Crippen LogP contribution < -0.4 is 5.56 Å². The van der Waals surface area contributed by atoms with Crippen LogP contribution in [-0.4, -0.2) is 25.2 Å². The van der Waals surface area contributed by atoms with Crippen LogP contribution >= 0.6 is 0 Å². The highest BCUT2D eigenvalue weighted by Gasteiger charge is 2.19. The Kier molecular flexibility index (Phi) is 5.75. The zero-order chi connectivity index (χ0) is 25.2. The van der Waals surface area contributed by atoms with Crippen molar-refractivity contribution in [2.24, 2.45) is 0 Å². The van der Waals surface area contributed by atoms with Crippen molar-refractivity contribution < 1.29 is 4.79 Å². The molecule has 0 aliphatic rings. The van der Waals surface area contributed by atoms with E-state index in [-0.39, 0.29) is 17.9 Å². The quantitative estimate of drug-likeness (QED) is 0.283. The summed E-state index contributed by atoms with van der Waals surface area (Å²) in [4.78, 5) is 25.8. The molecule has 0 bridgehead atoms. The minimum absolute atomic E-state index is 0.156.